The second-order valence-electron chi connectivity index (χ2n) is 3.80. The normalized spacial score (nSPS) is 10.1. The number of aryl methyl sites for hydroxylation is 2. The molecule has 0 aliphatic carbocycles. The SMILES string of the molecule is CCc1cc(CCC(=O)NNC)ccc1OC. The lowest BCUT2D eigenvalue weighted by molar-refractivity contribution is -0.121. The van der Waals surface area contributed by atoms with Crippen molar-refractivity contribution in [1.82, 2.24) is 10.9 Å². The topological polar surface area (TPSA) is 50.4 Å². The van der Waals surface area contributed by atoms with E-state index < -0.39 is 0 Å². The fourth-order valence-corrected chi connectivity index (χ4v) is 1.72. The fourth-order valence-electron chi connectivity index (χ4n) is 1.72. The Morgan fingerprint density at radius 2 is 2.18 bits per heavy atom. The van der Waals surface area contributed by atoms with E-state index >= 15 is 0 Å². The quantitative estimate of drug-likeness (QED) is 0.735. The van der Waals surface area contributed by atoms with E-state index in [0.717, 1.165) is 24.2 Å². The van der Waals surface area contributed by atoms with Gasteiger partial charge in [0.2, 0.25) is 5.91 Å². The molecule has 0 unspecified atom stereocenters. The average Bonchev–Trinajstić information content (AvgIpc) is 2.36. The Hall–Kier alpha value is -1.55. The van der Waals surface area contributed by atoms with Gasteiger partial charge in [0.25, 0.3) is 0 Å². The molecule has 0 spiro atoms. The molecule has 0 aliphatic heterocycles. The highest BCUT2D eigenvalue weighted by molar-refractivity contribution is 5.75. The third kappa shape index (κ3) is 4.07. The molecule has 0 saturated heterocycles. The number of carbonyl (C=O) groups is 1. The predicted molar refractivity (Wildman–Crippen MR) is 67.9 cm³/mol. The molecule has 0 aromatic heterocycles. The number of hydrogen-bond acceptors (Lipinski definition) is 3. The molecule has 17 heavy (non-hydrogen) atoms. The van der Waals surface area contributed by atoms with Crippen LogP contribution >= 0.6 is 0 Å². The smallest absolute Gasteiger partial charge is 0.234 e. The molecular formula is C13H20N2O2. The summed E-state index contributed by atoms with van der Waals surface area (Å²) in [7, 11) is 3.36. The van der Waals surface area contributed by atoms with Crippen molar-refractivity contribution in [3.63, 3.8) is 0 Å². The minimum atomic E-state index is 0.00127. The molecule has 0 aliphatic rings. The van der Waals surface area contributed by atoms with Crippen LogP contribution in [0.15, 0.2) is 18.2 Å². The van der Waals surface area contributed by atoms with Crippen LogP contribution < -0.4 is 15.6 Å². The number of hydrazine groups is 1. The van der Waals surface area contributed by atoms with Crippen LogP contribution in [0.25, 0.3) is 0 Å². The van der Waals surface area contributed by atoms with Crippen molar-refractivity contribution < 1.29 is 9.53 Å². The first kappa shape index (κ1) is 13.5. The number of amides is 1. The van der Waals surface area contributed by atoms with E-state index in [-0.39, 0.29) is 5.91 Å². The highest BCUT2D eigenvalue weighted by atomic mass is 16.5. The summed E-state index contributed by atoms with van der Waals surface area (Å²) in [5, 5.41) is 0. The molecule has 4 nitrogen and oxygen atoms in total. The number of methoxy groups -OCH3 is 1. The van der Waals surface area contributed by atoms with Gasteiger partial charge in [-0.25, -0.2) is 5.43 Å². The zero-order chi connectivity index (χ0) is 12.7. The predicted octanol–water partition coefficient (Wildman–Crippen LogP) is 1.44. The van der Waals surface area contributed by atoms with Crippen molar-refractivity contribution in [2.45, 2.75) is 26.2 Å². The maximum atomic E-state index is 11.3. The molecule has 0 saturated carbocycles. The number of rotatable bonds is 6. The molecule has 2 N–H and O–H groups in total. The third-order valence-electron chi connectivity index (χ3n) is 2.63. The van der Waals surface area contributed by atoms with Crippen LogP contribution in [0.4, 0.5) is 0 Å². The highest BCUT2D eigenvalue weighted by Crippen LogP contribution is 2.20. The van der Waals surface area contributed by atoms with Gasteiger partial charge in [-0.05, 0) is 30.0 Å². The summed E-state index contributed by atoms with van der Waals surface area (Å²) >= 11 is 0. The molecule has 94 valence electrons. The monoisotopic (exact) mass is 236 g/mol. The summed E-state index contributed by atoms with van der Waals surface area (Å²) in [5.41, 5.74) is 7.52. The third-order valence-corrected chi connectivity index (χ3v) is 2.63. The van der Waals surface area contributed by atoms with Crippen LogP contribution in [0.5, 0.6) is 5.75 Å². The minimum absolute atomic E-state index is 0.00127. The zero-order valence-corrected chi connectivity index (χ0v) is 10.7. The summed E-state index contributed by atoms with van der Waals surface area (Å²) in [6.45, 7) is 2.09. The van der Waals surface area contributed by atoms with Crippen LogP contribution in [0.2, 0.25) is 0 Å². The van der Waals surface area contributed by atoms with E-state index in [2.05, 4.69) is 23.8 Å². The van der Waals surface area contributed by atoms with Gasteiger partial charge in [0.1, 0.15) is 5.75 Å². The lowest BCUT2D eigenvalue weighted by Crippen LogP contribution is -2.34. The molecule has 4 heteroatoms. The Bertz CT molecular complexity index is 378. The summed E-state index contributed by atoms with van der Waals surface area (Å²) in [5.74, 6) is 0.914. The second kappa shape index (κ2) is 6.91. The Kier molecular flexibility index (Phi) is 5.49. The van der Waals surface area contributed by atoms with E-state index in [9.17, 15) is 4.79 Å². The molecule has 0 atom stereocenters. The zero-order valence-electron chi connectivity index (χ0n) is 10.7. The number of ether oxygens (including phenoxy) is 1. The molecule has 0 bridgehead atoms. The molecular weight excluding hydrogens is 216 g/mol. The molecule has 1 amide bonds. The van der Waals surface area contributed by atoms with Crippen molar-refractivity contribution in [1.29, 1.82) is 0 Å². The van der Waals surface area contributed by atoms with E-state index in [4.69, 9.17) is 4.74 Å². The van der Waals surface area contributed by atoms with Crippen molar-refractivity contribution in [2.75, 3.05) is 14.2 Å². The van der Waals surface area contributed by atoms with E-state index in [1.807, 2.05) is 12.1 Å². The van der Waals surface area contributed by atoms with Crippen LogP contribution in [0, 0.1) is 0 Å². The lowest BCUT2D eigenvalue weighted by Gasteiger charge is -2.09. The van der Waals surface area contributed by atoms with Crippen LogP contribution in [-0.2, 0) is 17.6 Å². The largest absolute Gasteiger partial charge is 0.496 e. The summed E-state index contributed by atoms with van der Waals surface area (Å²) in [6, 6.07) is 6.07. The molecule has 0 radical (unpaired) electrons. The fraction of sp³-hybridized carbons (Fsp3) is 0.462. The van der Waals surface area contributed by atoms with Crippen molar-refractivity contribution in [2.24, 2.45) is 0 Å². The van der Waals surface area contributed by atoms with Gasteiger partial charge in [0.05, 0.1) is 7.11 Å². The van der Waals surface area contributed by atoms with Gasteiger partial charge >= 0.3 is 0 Å². The standard InChI is InChI=1S/C13H20N2O2/c1-4-11-9-10(5-7-12(11)17-3)6-8-13(16)15-14-2/h5,7,9,14H,4,6,8H2,1-3H3,(H,15,16). The summed E-state index contributed by atoms with van der Waals surface area (Å²) < 4.78 is 5.27. The van der Waals surface area contributed by atoms with Crippen LogP contribution in [-0.4, -0.2) is 20.1 Å². The highest BCUT2D eigenvalue weighted by Gasteiger charge is 2.05. The summed E-state index contributed by atoms with van der Waals surface area (Å²) in [4.78, 5) is 11.3. The first-order valence-electron chi connectivity index (χ1n) is 5.82. The Morgan fingerprint density at radius 1 is 1.41 bits per heavy atom. The first-order valence-corrected chi connectivity index (χ1v) is 5.82. The summed E-state index contributed by atoms with van der Waals surface area (Å²) in [6.07, 6.45) is 2.15. The second-order valence-corrected chi connectivity index (χ2v) is 3.80. The maximum absolute atomic E-state index is 11.3. The van der Waals surface area contributed by atoms with Gasteiger partial charge < -0.3 is 4.74 Å². The Labute approximate surface area is 102 Å². The molecule has 1 aromatic carbocycles. The van der Waals surface area contributed by atoms with Crippen molar-refractivity contribution in [3.05, 3.63) is 29.3 Å². The van der Waals surface area contributed by atoms with E-state index in [1.54, 1.807) is 14.2 Å². The number of hydrogen-bond donors (Lipinski definition) is 2. The van der Waals surface area contributed by atoms with Crippen molar-refractivity contribution >= 4 is 5.91 Å². The van der Waals surface area contributed by atoms with Gasteiger partial charge in [0, 0.05) is 13.5 Å². The van der Waals surface area contributed by atoms with E-state index in [1.165, 1.54) is 5.56 Å². The van der Waals surface area contributed by atoms with Crippen LogP contribution in [0.1, 0.15) is 24.5 Å². The average molecular weight is 236 g/mol. The number of nitrogens with one attached hydrogen (secondary N) is 2. The molecule has 0 heterocycles. The number of carbonyl (C=O) groups excluding carboxylic acids is 1. The Balaban J connectivity index is 2.63. The van der Waals surface area contributed by atoms with Gasteiger partial charge in [-0.2, -0.15) is 0 Å². The van der Waals surface area contributed by atoms with Gasteiger partial charge in [-0.1, -0.05) is 19.1 Å². The van der Waals surface area contributed by atoms with Crippen LogP contribution in [0.3, 0.4) is 0 Å². The number of benzene rings is 1. The maximum Gasteiger partial charge on any atom is 0.234 e. The molecule has 1 rings (SSSR count). The van der Waals surface area contributed by atoms with Gasteiger partial charge in [0.15, 0.2) is 0 Å². The molecule has 1 aromatic rings. The molecule has 0 fully saturated rings. The minimum Gasteiger partial charge on any atom is -0.496 e. The van der Waals surface area contributed by atoms with Gasteiger partial charge in [-0.15, -0.1) is 0 Å². The van der Waals surface area contributed by atoms with E-state index in [0.29, 0.717) is 6.42 Å². The van der Waals surface area contributed by atoms with Crippen molar-refractivity contribution in [3.8, 4) is 5.75 Å². The Morgan fingerprint density at radius 3 is 2.76 bits per heavy atom. The first-order chi connectivity index (χ1) is 8.21. The van der Waals surface area contributed by atoms with Gasteiger partial charge in [-0.3, -0.25) is 10.2 Å². The lowest BCUT2D eigenvalue weighted by atomic mass is 10.0.